The van der Waals surface area contributed by atoms with Gasteiger partial charge in [0.2, 0.25) is 0 Å². The standard InChI is InChI=1S/C9H18N2/c1-4-9(5-2)8(3)11-7-6-10/h8-9,11H,4-5,7H2,1-3H3. The zero-order chi connectivity index (χ0) is 8.69. The molecule has 2 nitrogen and oxygen atoms in total. The van der Waals surface area contributed by atoms with Gasteiger partial charge in [0.1, 0.15) is 0 Å². The van der Waals surface area contributed by atoms with E-state index in [2.05, 4.69) is 32.2 Å². The summed E-state index contributed by atoms with van der Waals surface area (Å²) in [5.74, 6) is 0.711. The van der Waals surface area contributed by atoms with Crippen molar-refractivity contribution in [1.29, 1.82) is 5.26 Å². The van der Waals surface area contributed by atoms with Crippen LogP contribution in [0.5, 0.6) is 0 Å². The fourth-order valence-corrected chi connectivity index (χ4v) is 1.37. The summed E-state index contributed by atoms with van der Waals surface area (Å²) in [4.78, 5) is 0. The van der Waals surface area contributed by atoms with Gasteiger partial charge in [-0.3, -0.25) is 0 Å². The molecule has 0 aliphatic rings. The molecule has 0 bridgehead atoms. The Morgan fingerprint density at radius 3 is 2.27 bits per heavy atom. The zero-order valence-corrected chi connectivity index (χ0v) is 7.72. The Morgan fingerprint density at radius 1 is 1.36 bits per heavy atom. The Morgan fingerprint density at radius 2 is 1.91 bits per heavy atom. The maximum Gasteiger partial charge on any atom is 0.0843 e. The highest BCUT2D eigenvalue weighted by molar-refractivity contribution is 4.78. The van der Waals surface area contributed by atoms with E-state index in [0.717, 1.165) is 0 Å². The van der Waals surface area contributed by atoms with Gasteiger partial charge in [0.15, 0.2) is 0 Å². The Balaban J connectivity index is 3.61. The van der Waals surface area contributed by atoms with E-state index in [1.165, 1.54) is 12.8 Å². The van der Waals surface area contributed by atoms with Gasteiger partial charge in [0, 0.05) is 6.04 Å². The first-order chi connectivity index (χ1) is 5.26. The highest BCUT2D eigenvalue weighted by atomic mass is 14.9. The van der Waals surface area contributed by atoms with E-state index in [0.29, 0.717) is 18.5 Å². The summed E-state index contributed by atoms with van der Waals surface area (Å²) in [6, 6.07) is 2.57. The van der Waals surface area contributed by atoms with Crippen LogP contribution in [-0.2, 0) is 0 Å². The first-order valence-corrected chi connectivity index (χ1v) is 4.36. The van der Waals surface area contributed by atoms with Crippen LogP contribution in [0.15, 0.2) is 0 Å². The van der Waals surface area contributed by atoms with Crippen LogP contribution in [0.25, 0.3) is 0 Å². The largest absolute Gasteiger partial charge is 0.302 e. The molecule has 0 aliphatic heterocycles. The summed E-state index contributed by atoms with van der Waals surface area (Å²) in [6.07, 6.45) is 2.38. The Labute approximate surface area is 69.6 Å². The third kappa shape index (κ3) is 4.00. The summed E-state index contributed by atoms with van der Waals surface area (Å²) < 4.78 is 0. The van der Waals surface area contributed by atoms with Crippen molar-refractivity contribution >= 4 is 0 Å². The van der Waals surface area contributed by atoms with Crippen molar-refractivity contribution in [2.24, 2.45) is 5.92 Å². The van der Waals surface area contributed by atoms with Crippen molar-refractivity contribution < 1.29 is 0 Å². The molecule has 0 spiro atoms. The molecule has 1 atom stereocenters. The van der Waals surface area contributed by atoms with Gasteiger partial charge in [-0.05, 0) is 12.8 Å². The number of nitrogens with zero attached hydrogens (tertiary/aromatic N) is 1. The molecule has 2 heteroatoms. The summed E-state index contributed by atoms with van der Waals surface area (Å²) in [5, 5.41) is 11.5. The lowest BCUT2D eigenvalue weighted by Gasteiger charge is -2.20. The van der Waals surface area contributed by atoms with Gasteiger partial charge < -0.3 is 5.32 Å². The van der Waals surface area contributed by atoms with Crippen molar-refractivity contribution in [2.75, 3.05) is 6.54 Å². The predicted molar refractivity (Wildman–Crippen MR) is 47.1 cm³/mol. The normalized spacial score (nSPS) is 13.0. The quantitative estimate of drug-likeness (QED) is 0.614. The van der Waals surface area contributed by atoms with E-state index >= 15 is 0 Å². The molecule has 0 radical (unpaired) electrons. The van der Waals surface area contributed by atoms with Crippen molar-refractivity contribution in [3.05, 3.63) is 0 Å². The Hall–Kier alpha value is -0.550. The number of nitrogens with one attached hydrogen (secondary N) is 1. The lowest BCUT2D eigenvalue weighted by atomic mass is 9.96. The van der Waals surface area contributed by atoms with Crippen LogP contribution in [0.3, 0.4) is 0 Å². The van der Waals surface area contributed by atoms with E-state index in [-0.39, 0.29) is 0 Å². The molecule has 0 amide bonds. The highest BCUT2D eigenvalue weighted by Crippen LogP contribution is 2.11. The molecule has 0 saturated heterocycles. The number of nitriles is 1. The van der Waals surface area contributed by atoms with Crippen molar-refractivity contribution in [3.63, 3.8) is 0 Å². The van der Waals surface area contributed by atoms with Gasteiger partial charge in [-0.1, -0.05) is 26.7 Å². The summed E-state index contributed by atoms with van der Waals surface area (Å²) >= 11 is 0. The summed E-state index contributed by atoms with van der Waals surface area (Å²) in [6.45, 7) is 7.00. The average Bonchev–Trinajstić information content (AvgIpc) is 2.03. The average molecular weight is 154 g/mol. The molecule has 0 saturated carbocycles. The summed E-state index contributed by atoms with van der Waals surface area (Å²) in [7, 11) is 0. The molecular weight excluding hydrogens is 136 g/mol. The van der Waals surface area contributed by atoms with Crippen LogP contribution in [-0.4, -0.2) is 12.6 Å². The molecule has 0 aromatic rings. The smallest absolute Gasteiger partial charge is 0.0843 e. The van der Waals surface area contributed by atoms with Crippen LogP contribution in [0.1, 0.15) is 33.6 Å². The van der Waals surface area contributed by atoms with E-state index in [4.69, 9.17) is 5.26 Å². The molecule has 0 aromatic heterocycles. The SMILES string of the molecule is CCC(CC)C(C)NCC#N. The second kappa shape index (κ2) is 6.18. The Bertz CT molecular complexity index is 122. The lowest BCUT2D eigenvalue weighted by Crippen LogP contribution is -2.33. The third-order valence-electron chi connectivity index (χ3n) is 2.26. The predicted octanol–water partition coefficient (Wildman–Crippen LogP) is 1.92. The van der Waals surface area contributed by atoms with Gasteiger partial charge in [0.25, 0.3) is 0 Å². The third-order valence-corrected chi connectivity index (χ3v) is 2.26. The van der Waals surface area contributed by atoms with Crippen molar-refractivity contribution in [3.8, 4) is 6.07 Å². The minimum Gasteiger partial charge on any atom is -0.302 e. The number of hydrogen-bond acceptors (Lipinski definition) is 2. The van der Waals surface area contributed by atoms with Gasteiger partial charge in [0.05, 0.1) is 12.6 Å². The van der Waals surface area contributed by atoms with Crippen molar-refractivity contribution in [2.45, 2.75) is 39.7 Å². The lowest BCUT2D eigenvalue weighted by molar-refractivity contribution is 0.365. The highest BCUT2D eigenvalue weighted by Gasteiger charge is 2.11. The van der Waals surface area contributed by atoms with E-state index < -0.39 is 0 Å². The van der Waals surface area contributed by atoms with Crippen LogP contribution in [0.4, 0.5) is 0 Å². The molecule has 0 aromatic carbocycles. The molecule has 0 heterocycles. The first-order valence-electron chi connectivity index (χ1n) is 4.36. The summed E-state index contributed by atoms with van der Waals surface area (Å²) in [5.41, 5.74) is 0. The minimum atomic E-state index is 0.470. The van der Waals surface area contributed by atoms with Gasteiger partial charge in [-0.25, -0.2) is 0 Å². The molecule has 0 rings (SSSR count). The molecule has 1 N–H and O–H groups in total. The molecule has 1 unspecified atom stereocenters. The second-order valence-electron chi connectivity index (χ2n) is 2.90. The Kier molecular flexibility index (Phi) is 5.87. The molecule has 0 fully saturated rings. The van der Waals surface area contributed by atoms with Gasteiger partial charge in [-0.2, -0.15) is 5.26 Å². The maximum atomic E-state index is 8.33. The van der Waals surface area contributed by atoms with E-state index in [1.54, 1.807) is 0 Å². The number of rotatable bonds is 5. The van der Waals surface area contributed by atoms with E-state index in [9.17, 15) is 0 Å². The maximum absolute atomic E-state index is 8.33. The van der Waals surface area contributed by atoms with Crippen LogP contribution in [0, 0.1) is 17.2 Å². The molecule has 0 aliphatic carbocycles. The molecular formula is C9H18N2. The molecule has 64 valence electrons. The topological polar surface area (TPSA) is 35.8 Å². The fourth-order valence-electron chi connectivity index (χ4n) is 1.37. The van der Waals surface area contributed by atoms with Crippen LogP contribution >= 0.6 is 0 Å². The van der Waals surface area contributed by atoms with E-state index in [1.807, 2.05) is 0 Å². The van der Waals surface area contributed by atoms with Gasteiger partial charge >= 0.3 is 0 Å². The zero-order valence-electron chi connectivity index (χ0n) is 7.72. The van der Waals surface area contributed by atoms with Gasteiger partial charge in [-0.15, -0.1) is 0 Å². The number of hydrogen-bond donors (Lipinski definition) is 1. The fraction of sp³-hybridized carbons (Fsp3) is 0.889. The van der Waals surface area contributed by atoms with Crippen LogP contribution < -0.4 is 5.32 Å². The monoisotopic (exact) mass is 154 g/mol. The second-order valence-corrected chi connectivity index (χ2v) is 2.90. The minimum absolute atomic E-state index is 0.470. The first kappa shape index (κ1) is 10.4. The van der Waals surface area contributed by atoms with Crippen molar-refractivity contribution in [1.82, 2.24) is 5.32 Å². The van der Waals surface area contributed by atoms with Crippen LogP contribution in [0.2, 0.25) is 0 Å². The molecule has 11 heavy (non-hydrogen) atoms.